The van der Waals surface area contributed by atoms with Crippen LogP contribution >= 0.6 is 0 Å². The Hall–Kier alpha value is -6.57. The molecule has 0 saturated heterocycles. The summed E-state index contributed by atoms with van der Waals surface area (Å²) in [5.74, 6) is -8.06. The van der Waals surface area contributed by atoms with E-state index in [2.05, 4.69) is 57.2 Å². The molecule has 20 N–H and O–H groups in total. The number of aliphatic carboxylic acids is 1. The summed E-state index contributed by atoms with van der Waals surface area (Å²) in [6.07, 6.45) is 3.38. The summed E-state index contributed by atoms with van der Waals surface area (Å²) in [4.78, 5) is 122. The monoisotopic (exact) mass is 951 g/mol. The number of aromatic nitrogens is 2. The Morgan fingerprint density at radius 2 is 1.06 bits per heavy atom. The number of aromatic amines is 1. The Morgan fingerprint density at radius 1 is 0.642 bits per heavy atom. The number of carboxylic acid groups (broad SMARTS) is 1. The van der Waals surface area contributed by atoms with Crippen LogP contribution in [0.3, 0.4) is 0 Å². The fraction of sp³-hybridized carbons (Fsp3) is 0.683. The standard InChI is InChI=1S/C41H74N16O10/c1-7-23(6)32(39(66)67)57-38(65)30(19-58)56-37(64)29(16-24-18-47-20-50-24)55-34(61)26(11-9-13-49-41(45)46)52-33(60)25(10-8-12-48-40(43)44)53-36(63)28(15-22(4)5)54-35(62)27(14-21(2)3)51-31(59)17-42/h18,20-23,25-30,32,58H,7-17,19,42H2,1-6H3,(H,47,50)(H,51,59)(H,52,60)(H,53,63)(H,54,62)(H,55,61)(H,56,64)(H,57,65)(H,66,67)(H4,43,44,48)(H4,45,46,49)/t23-,25-,26+,27-,28-,29-,30-,32-/m0/s1. The normalized spacial score (nSPS) is 14.7. The molecular weight excluding hydrogens is 877 g/mol. The molecule has 0 aliphatic carbocycles. The smallest absolute Gasteiger partial charge is 0.326 e. The number of hydrogen-bond donors (Lipinski definition) is 15. The van der Waals surface area contributed by atoms with E-state index < -0.39 is 102 Å². The molecule has 0 saturated carbocycles. The Labute approximate surface area is 390 Å². The molecule has 0 aliphatic heterocycles. The fourth-order valence-electron chi connectivity index (χ4n) is 6.52. The quantitative estimate of drug-likeness (QED) is 0.0184. The van der Waals surface area contributed by atoms with Gasteiger partial charge in [-0.05, 0) is 56.3 Å². The number of amides is 7. The molecule has 0 aromatic carbocycles. The van der Waals surface area contributed by atoms with Gasteiger partial charge in [-0.25, -0.2) is 9.78 Å². The summed E-state index contributed by atoms with van der Waals surface area (Å²) in [7, 11) is 0. The van der Waals surface area contributed by atoms with E-state index in [-0.39, 0.29) is 88.3 Å². The molecule has 1 rings (SSSR count). The van der Waals surface area contributed by atoms with Crippen molar-refractivity contribution in [3.05, 3.63) is 18.2 Å². The maximum absolute atomic E-state index is 14.2. The van der Waals surface area contributed by atoms with Crippen molar-refractivity contribution in [3.8, 4) is 0 Å². The molecule has 1 heterocycles. The predicted octanol–water partition coefficient (Wildman–Crippen LogP) is -4.37. The van der Waals surface area contributed by atoms with Gasteiger partial charge in [-0.15, -0.1) is 0 Å². The summed E-state index contributed by atoms with van der Waals surface area (Å²) in [6, 6.07) is -9.38. The first kappa shape index (κ1) is 58.4. The Kier molecular flexibility index (Phi) is 26.7. The maximum atomic E-state index is 14.2. The highest BCUT2D eigenvalue weighted by Crippen LogP contribution is 2.12. The highest BCUT2D eigenvalue weighted by molar-refractivity contribution is 5.97. The molecule has 1 aromatic rings. The lowest BCUT2D eigenvalue weighted by Gasteiger charge is -2.28. The average Bonchev–Trinajstić information content (AvgIpc) is 3.77. The Balaban J connectivity index is 3.59. The van der Waals surface area contributed by atoms with Crippen LogP contribution in [-0.4, -0.2) is 148 Å². The first-order valence-electron chi connectivity index (χ1n) is 22.3. The van der Waals surface area contributed by atoms with E-state index in [9.17, 15) is 48.6 Å². The number of nitrogens with zero attached hydrogens (tertiary/aromatic N) is 3. The van der Waals surface area contributed by atoms with Crippen LogP contribution in [0.1, 0.15) is 92.2 Å². The molecule has 0 fully saturated rings. The van der Waals surface area contributed by atoms with Gasteiger partial charge in [0.05, 0.1) is 19.5 Å². The molecule has 0 aliphatic rings. The number of aliphatic hydroxyl groups is 1. The first-order chi connectivity index (χ1) is 31.5. The molecule has 67 heavy (non-hydrogen) atoms. The van der Waals surface area contributed by atoms with Crippen molar-refractivity contribution in [2.24, 2.45) is 56.4 Å². The van der Waals surface area contributed by atoms with Crippen LogP contribution in [0.2, 0.25) is 0 Å². The van der Waals surface area contributed by atoms with Crippen LogP contribution < -0.4 is 65.9 Å². The number of imidazole rings is 1. The van der Waals surface area contributed by atoms with Crippen molar-refractivity contribution in [1.82, 2.24) is 47.2 Å². The van der Waals surface area contributed by atoms with Crippen molar-refractivity contribution in [3.63, 3.8) is 0 Å². The number of rotatable bonds is 32. The van der Waals surface area contributed by atoms with Crippen LogP contribution in [0, 0.1) is 17.8 Å². The van der Waals surface area contributed by atoms with Crippen LogP contribution in [0.25, 0.3) is 0 Å². The van der Waals surface area contributed by atoms with Gasteiger partial charge in [0.25, 0.3) is 0 Å². The van der Waals surface area contributed by atoms with Crippen molar-refractivity contribution in [2.75, 3.05) is 26.2 Å². The molecular formula is C41H74N16O10. The van der Waals surface area contributed by atoms with Crippen LogP contribution in [-0.2, 0) is 44.8 Å². The molecule has 26 nitrogen and oxygen atoms in total. The number of nitrogens with two attached hydrogens (primary N) is 5. The van der Waals surface area contributed by atoms with Crippen molar-refractivity contribution < 1.29 is 48.6 Å². The highest BCUT2D eigenvalue weighted by Gasteiger charge is 2.35. The number of H-pyrrole nitrogens is 1. The van der Waals surface area contributed by atoms with E-state index in [4.69, 9.17) is 28.7 Å². The second-order valence-corrected chi connectivity index (χ2v) is 17.0. The van der Waals surface area contributed by atoms with Crippen LogP contribution in [0.15, 0.2) is 22.5 Å². The number of carbonyl (C=O) groups is 8. The number of aliphatic hydroxyl groups excluding tert-OH is 1. The SMILES string of the molecule is CC[C@H](C)[C@H](NC(=O)[C@H](CO)NC(=O)[C@H](Cc1cnc[nH]1)NC(=O)[C@@H](CCCN=C(N)N)NC(=O)[C@H](CCCN=C(N)N)NC(=O)[C@H](CC(C)C)NC(=O)[C@H](CC(C)C)NC(=O)CN)C(=O)O. The minimum atomic E-state index is -1.63. The second kappa shape index (κ2) is 30.6. The summed E-state index contributed by atoms with van der Waals surface area (Å²) >= 11 is 0. The van der Waals surface area contributed by atoms with E-state index in [0.29, 0.717) is 12.1 Å². The van der Waals surface area contributed by atoms with Crippen molar-refractivity contribution >= 4 is 59.2 Å². The van der Waals surface area contributed by atoms with Gasteiger partial charge < -0.3 is 81.1 Å². The molecule has 378 valence electrons. The zero-order valence-corrected chi connectivity index (χ0v) is 39.3. The lowest BCUT2D eigenvalue weighted by molar-refractivity contribution is -0.144. The van der Waals surface area contributed by atoms with Crippen LogP contribution in [0.5, 0.6) is 0 Å². The predicted molar refractivity (Wildman–Crippen MR) is 248 cm³/mol. The van der Waals surface area contributed by atoms with Crippen LogP contribution in [0.4, 0.5) is 0 Å². The van der Waals surface area contributed by atoms with Crippen molar-refractivity contribution in [1.29, 1.82) is 0 Å². The summed E-state index contributed by atoms with van der Waals surface area (Å²) in [5, 5.41) is 37.7. The second-order valence-electron chi connectivity index (χ2n) is 17.0. The van der Waals surface area contributed by atoms with Gasteiger partial charge in [-0.1, -0.05) is 48.0 Å². The fourth-order valence-corrected chi connectivity index (χ4v) is 6.52. The highest BCUT2D eigenvalue weighted by atomic mass is 16.4. The Morgan fingerprint density at radius 3 is 1.46 bits per heavy atom. The first-order valence-corrected chi connectivity index (χ1v) is 22.3. The largest absolute Gasteiger partial charge is 0.480 e. The molecule has 0 bridgehead atoms. The minimum Gasteiger partial charge on any atom is -0.480 e. The average molecular weight is 951 g/mol. The van der Waals surface area contributed by atoms with E-state index in [1.165, 1.54) is 12.5 Å². The number of hydrogen-bond acceptors (Lipinski definition) is 13. The third-order valence-corrected chi connectivity index (χ3v) is 10.2. The van der Waals surface area contributed by atoms with E-state index in [1.807, 2.05) is 27.7 Å². The van der Waals surface area contributed by atoms with Gasteiger partial charge in [0.15, 0.2) is 11.9 Å². The number of guanidine groups is 2. The Bertz CT molecular complexity index is 1820. The van der Waals surface area contributed by atoms with Gasteiger partial charge in [-0.2, -0.15) is 0 Å². The lowest BCUT2D eigenvalue weighted by atomic mass is 9.99. The van der Waals surface area contributed by atoms with Gasteiger partial charge in [0.1, 0.15) is 42.3 Å². The molecule has 0 radical (unpaired) electrons. The molecule has 0 unspecified atom stereocenters. The summed E-state index contributed by atoms with van der Waals surface area (Å²) < 4.78 is 0. The molecule has 1 aromatic heterocycles. The maximum Gasteiger partial charge on any atom is 0.326 e. The van der Waals surface area contributed by atoms with Gasteiger partial charge in [-0.3, -0.25) is 43.5 Å². The van der Waals surface area contributed by atoms with E-state index >= 15 is 0 Å². The lowest BCUT2D eigenvalue weighted by Crippen LogP contribution is -2.61. The molecule has 0 spiro atoms. The summed E-state index contributed by atoms with van der Waals surface area (Å²) in [5.41, 5.74) is 27.8. The number of carboxylic acids is 1. The van der Waals surface area contributed by atoms with E-state index in [1.54, 1.807) is 13.8 Å². The zero-order valence-electron chi connectivity index (χ0n) is 39.3. The number of aliphatic imine (C=N–C) groups is 2. The molecule has 7 amide bonds. The van der Waals surface area contributed by atoms with Gasteiger partial charge in [0, 0.05) is 31.4 Å². The summed E-state index contributed by atoms with van der Waals surface area (Å²) in [6.45, 7) is 9.47. The van der Waals surface area contributed by atoms with Crippen molar-refractivity contribution in [2.45, 2.75) is 135 Å². The minimum absolute atomic E-state index is 0.0268. The third kappa shape index (κ3) is 22.9. The topological polar surface area (TPSA) is 445 Å². The van der Waals surface area contributed by atoms with Gasteiger partial charge in [0.2, 0.25) is 41.4 Å². The molecule has 8 atom stereocenters. The zero-order chi connectivity index (χ0) is 50.8. The molecule has 26 heteroatoms. The third-order valence-electron chi connectivity index (χ3n) is 10.2. The number of carbonyl (C=O) groups excluding carboxylic acids is 7. The van der Waals surface area contributed by atoms with E-state index in [0.717, 1.165) is 0 Å². The number of nitrogens with one attached hydrogen (secondary N) is 8. The van der Waals surface area contributed by atoms with Gasteiger partial charge >= 0.3 is 5.97 Å².